The molecule has 0 bridgehead atoms. The molecule has 2 rings (SSSR count). The molecule has 1 amide bonds. The normalized spacial score (nSPS) is 16.5. The van der Waals surface area contributed by atoms with Gasteiger partial charge in [-0.3, -0.25) is 14.5 Å². The van der Waals surface area contributed by atoms with Crippen LogP contribution in [0.4, 0.5) is 4.39 Å². The second-order valence-corrected chi connectivity index (χ2v) is 5.92. The Labute approximate surface area is 133 Å². The first kappa shape index (κ1) is 16.7. The number of carboxylic acid groups (broad SMARTS) is 1. The summed E-state index contributed by atoms with van der Waals surface area (Å²) in [4.78, 5) is 24.5. The lowest BCUT2D eigenvalue weighted by Crippen LogP contribution is -2.40. The van der Waals surface area contributed by atoms with Gasteiger partial charge < -0.3 is 10.4 Å². The number of carboxylic acids is 1. The largest absolute Gasteiger partial charge is 0.480 e. The SMILES string of the molecule is O=C(O)CN1CCC(CNC(=O)c2cc(F)cc(Cl)c2)CC1. The summed E-state index contributed by atoms with van der Waals surface area (Å²) >= 11 is 5.73. The van der Waals surface area contributed by atoms with Crippen molar-refractivity contribution < 1.29 is 19.1 Å². The van der Waals surface area contributed by atoms with Crippen LogP contribution in [0.1, 0.15) is 23.2 Å². The predicted octanol–water partition coefficient (Wildman–Crippen LogP) is 2.01. The summed E-state index contributed by atoms with van der Waals surface area (Å²) in [6.07, 6.45) is 1.66. The number of benzene rings is 1. The number of amides is 1. The van der Waals surface area contributed by atoms with Crippen LogP contribution in [0.3, 0.4) is 0 Å². The molecule has 0 aromatic heterocycles. The Hall–Kier alpha value is -1.66. The molecule has 1 aliphatic heterocycles. The van der Waals surface area contributed by atoms with Gasteiger partial charge in [-0.25, -0.2) is 4.39 Å². The Morgan fingerprint density at radius 3 is 2.59 bits per heavy atom. The lowest BCUT2D eigenvalue weighted by atomic mass is 9.96. The minimum Gasteiger partial charge on any atom is -0.480 e. The zero-order chi connectivity index (χ0) is 16.1. The number of hydrogen-bond acceptors (Lipinski definition) is 3. The Bertz CT molecular complexity index is 539. The van der Waals surface area contributed by atoms with Gasteiger partial charge in [-0.15, -0.1) is 0 Å². The Balaban J connectivity index is 1.79. The molecule has 1 heterocycles. The van der Waals surface area contributed by atoms with Crippen LogP contribution in [-0.2, 0) is 4.79 Å². The van der Waals surface area contributed by atoms with E-state index in [0.29, 0.717) is 25.6 Å². The molecular formula is C15H18ClFN2O3. The van der Waals surface area contributed by atoms with Crippen LogP contribution in [0.5, 0.6) is 0 Å². The summed E-state index contributed by atoms with van der Waals surface area (Å²) in [7, 11) is 0. The monoisotopic (exact) mass is 328 g/mol. The molecule has 22 heavy (non-hydrogen) atoms. The fraction of sp³-hybridized carbons (Fsp3) is 0.467. The molecule has 1 aliphatic rings. The van der Waals surface area contributed by atoms with E-state index in [1.54, 1.807) is 0 Å². The van der Waals surface area contributed by atoms with Crippen molar-refractivity contribution in [2.75, 3.05) is 26.2 Å². The Morgan fingerprint density at radius 2 is 2.00 bits per heavy atom. The van der Waals surface area contributed by atoms with Gasteiger partial charge in [-0.2, -0.15) is 0 Å². The van der Waals surface area contributed by atoms with Crippen LogP contribution < -0.4 is 5.32 Å². The summed E-state index contributed by atoms with van der Waals surface area (Å²) in [6, 6.07) is 3.72. The highest BCUT2D eigenvalue weighted by Crippen LogP contribution is 2.17. The quantitative estimate of drug-likeness (QED) is 0.867. The van der Waals surface area contributed by atoms with Gasteiger partial charge in [-0.05, 0) is 50.0 Å². The van der Waals surface area contributed by atoms with E-state index in [1.807, 2.05) is 4.90 Å². The van der Waals surface area contributed by atoms with Crippen molar-refractivity contribution in [2.24, 2.45) is 5.92 Å². The average molecular weight is 329 g/mol. The van der Waals surface area contributed by atoms with Crippen molar-refractivity contribution in [1.29, 1.82) is 0 Å². The number of nitrogens with one attached hydrogen (secondary N) is 1. The van der Waals surface area contributed by atoms with Crippen LogP contribution >= 0.6 is 11.6 Å². The van der Waals surface area contributed by atoms with Gasteiger partial charge in [0.1, 0.15) is 5.82 Å². The first-order valence-corrected chi connectivity index (χ1v) is 7.50. The van der Waals surface area contributed by atoms with Gasteiger partial charge in [0, 0.05) is 17.1 Å². The number of carbonyl (C=O) groups excluding carboxylic acids is 1. The number of carbonyl (C=O) groups is 2. The molecule has 2 N–H and O–H groups in total. The topological polar surface area (TPSA) is 69.6 Å². The van der Waals surface area contributed by atoms with E-state index in [1.165, 1.54) is 6.07 Å². The summed E-state index contributed by atoms with van der Waals surface area (Å²) in [5.74, 6) is -1.42. The lowest BCUT2D eigenvalue weighted by molar-refractivity contribution is -0.138. The Kier molecular flexibility index (Phi) is 5.74. The molecule has 0 saturated carbocycles. The number of halogens is 2. The number of nitrogens with zero attached hydrogens (tertiary/aromatic N) is 1. The van der Waals surface area contributed by atoms with E-state index < -0.39 is 11.8 Å². The molecule has 1 aromatic rings. The molecule has 0 atom stereocenters. The average Bonchev–Trinajstić information content (AvgIpc) is 2.44. The molecule has 1 fully saturated rings. The number of likely N-dealkylation sites (tertiary alicyclic amines) is 1. The van der Waals surface area contributed by atoms with Crippen LogP contribution in [0.25, 0.3) is 0 Å². The summed E-state index contributed by atoms with van der Waals surface area (Å²) in [5.41, 5.74) is 0.202. The molecule has 0 spiro atoms. The Morgan fingerprint density at radius 1 is 1.32 bits per heavy atom. The van der Waals surface area contributed by atoms with E-state index in [-0.39, 0.29) is 23.0 Å². The van der Waals surface area contributed by atoms with Crippen LogP contribution in [0.2, 0.25) is 5.02 Å². The first-order valence-electron chi connectivity index (χ1n) is 7.12. The van der Waals surface area contributed by atoms with Crippen LogP contribution in [0, 0.1) is 11.7 Å². The molecule has 7 heteroatoms. The fourth-order valence-corrected chi connectivity index (χ4v) is 2.79. The van der Waals surface area contributed by atoms with Crippen molar-refractivity contribution in [2.45, 2.75) is 12.8 Å². The summed E-state index contributed by atoms with van der Waals surface area (Å²) < 4.78 is 13.2. The number of hydrogen-bond donors (Lipinski definition) is 2. The van der Waals surface area contributed by atoms with Crippen LogP contribution in [0.15, 0.2) is 18.2 Å². The van der Waals surface area contributed by atoms with Crippen LogP contribution in [-0.4, -0.2) is 48.1 Å². The van der Waals surface area contributed by atoms with E-state index in [2.05, 4.69) is 5.32 Å². The minimum atomic E-state index is -0.824. The standard InChI is InChI=1S/C15H18ClFN2O3/c16-12-5-11(6-13(17)7-12)15(22)18-8-10-1-3-19(4-2-10)9-14(20)21/h5-7,10H,1-4,8-9H2,(H,18,22)(H,20,21). The zero-order valence-electron chi connectivity index (χ0n) is 12.0. The van der Waals surface area contributed by atoms with Crippen molar-refractivity contribution >= 4 is 23.5 Å². The second kappa shape index (κ2) is 7.56. The number of piperidine rings is 1. The molecule has 1 aromatic carbocycles. The number of rotatable bonds is 5. The highest BCUT2D eigenvalue weighted by atomic mass is 35.5. The van der Waals surface area contributed by atoms with Crippen molar-refractivity contribution in [3.05, 3.63) is 34.6 Å². The van der Waals surface area contributed by atoms with E-state index in [4.69, 9.17) is 16.7 Å². The highest BCUT2D eigenvalue weighted by Gasteiger charge is 2.21. The molecular weight excluding hydrogens is 311 g/mol. The maximum absolute atomic E-state index is 13.2. The lowest BCUT2D eigenvalue weighted by Gasteiger charge is -2.30. The number of aliphatic carboxylic acids is 1. The van der Waals surface area contributed by atoms with E-state index in [9.17, 15) is 14.0 Å². The third kappa shape index (κ3) is 4.96. The predicted molar refractivity (Wildman–Crippen MR) is 80.5 cm³/mol. The highest BCUT2D eigenvalue weighted by molar-refractivity contribution is 6.31. The molecule has 0 unspecified atom stereocenters. The second-order valence-electron chi connectivity index (χ2n) is 5.48. The molecule has 5 nitrogen and oxygen atoms in total. The van der Waals surface area contributed by atoms with E-state index in [0.717, 1.165) is 25.0 Å². The van der Waals surface area contributed by atoms with Crippen molar-refractivity contribution in [3.63, 3.8) is 0 Å². The third-order valence-electron chi connectivity index (χ3n) is 3.74. The van der Waals surface area contributed by atoms with Gasteiger partial charge >= 0.3 is 5.97 Å². The van der Waals surface area contributed by atoms with Gasteiger partial charge in [0.05, 0.1) is 6.54 Å². The van der Waals surface area contributed by atoms with E-state index >= 15 is 0 Å². The molecule has 1 saturated heterocycles. The molecule has 0 aliphatic carbocycles. The molecule has 0 radical (unpaired) electrons. The van der Waals surface area contributed by atoms with Gasteiger partial charge in [0.2, 0.25) is 0 Å². The van der Waals surface area contributed by atoms with Crippen molar-refractivity contribution in [1.82, 2.24) is 10.2 Å². The van der Waals surface area contributed by atoms with Gasteiger partial charge in [0.15, 0.2) is 0 Å². The summed E-state index contributed by atoms with van der Waals surface area (Å²) in [6.45, 7) is 1.96. The minimum absolute atomic E-state index is 0.0564. The smallest absolute Gasteiger partial charge is 0.317 e. The first-order chi connectivity index (χ1) is 10.4. The fourth-order valence-electron chi connectivity index (χ4n) is 2.56. The molecule has 120 valence electrons. The third-order valence-corrected chi connectivity index (χ3v) is 3.96. The van der Waals surface area contributed by atoms with Crippen molar-refractivity contribution in [3.8, 4) is 0 Å². The zero-order valence-corrected chi connectivity index (χ0v) is 12.8. The summed E-state index contributed by atoms with van der Waals surface area (Å²) in [5, 5.41) is 11.7. The van der Waals surface area contributed by atoms with Gasteiger partial charge in [-0.1, -0.05) is 11.6 Å². The maximum Gasteiger partial charge on any atom is 0.317 e. The maximum atomic E-state index is 13.2. The van der Waals surface area contributed by atoms with Gasteiger partial charge in [0.25, 0.3) is 5.91 Å².